The van der Waals surface area contributed by atoms with Gasteiger partial charge in [-0.15, -0.1) is 0 Å². The van der Waals surface area contributed by atoms with Crippen LogP contribution in [-0.2, 0) is 6.54 Å². The second-order valence-electron chi connectivity index (χ2n) is 5.06. The molecule has 0 heterocycles. The van der Waals surface area contributed by atoms with Crippen LogP contribution in [0, 0.1) is 11.8 Å². The fourth-order valence-corrected chi connectivity index (χ4v) is 2.61. The number of carbonyl (C=O) groups is 1. The van der Waals surface area contributed by atoms with E-state index in [1.807, 2.05) is 6.07 Å². The third kappa shape index (κ3) is 3.56. The van der Waals surface area contributed by atoms with Gasteiger partial charge >= 0.3 is 5.97 Å². The number of aromatic carboxylic acids is 1. The number of carboxylic acids is 1. The Hall–Kier alpha value is -0.870. The number of hydrogen-bond donors (Lipinski definition) is 2. The molecule has 2 rings (SSSR count). The zero-order chi connectivity index (χ0) is 13.1. The molecule has 0 aliphatic heterocycles. The lowest BCUT2D eigenvalue weighted by Gasteiger charge is -2.12. The Kier molecular flexibility index (Phi) is 4.40. The first-order valence-electron chi connectivity index (χ1n) is 6.30. The highest BCUT2D eigenvalue weighted by atomic mass is 79.9. The van der Waals surface area contributed by atoms with E-state index >= 15 is 0 Å². The minimum absolute atomic E-state index is 0.317. The lowest BCUT2D eigenvalue weighted by molar-refractivity contribution is 0.0697. The normalized spacial score (nSPS) is 16.6. The molecule has 1 atom stereocenters. The van der Waals surface area contributed by atoms with Crippen LogP contribution in [0.25, 0.3) is 0 Å². The first kappa shape index (κ1) is 13.6. The van der Waals surface area contributed by atoms with Crippen molar-refractivity contribution in [2.75, 3.05) is 6.54 Å². The molecule has 0 amide bonds. The highest BCUT2D eigenvalue weighted by molar-refractivity contribution is 9.10. The molecule has 1 saturated carbocycles. The van der Waals surface area contributed by atoms with E-state index in [9.17, 15) is 4.79 Å². The predicted octanol–water partition coefficient (Wildman–Crippen LogP) is 3.28. The molecule has 0 spiro atoms. The van der Waals surface area contributed by atoms with Gasteiger partial charge in [0.05, 0.1) is 5.56 Å². The van der Waals surface area contributed by atoms with E-state index in [0.717, 1.165) is 35.0 Å². The molecule has 1 aliphatic carbocycles. The fourth-order valence-electron chi connectivity index (χ4n) is 2.09. The van der Waals surface area contributed by atoms with Crippen LogP contribution in [0.4, 0.5) is 0 Å². The van der Waals surface area contributed by atoms with Crippen molar-refractivity contribution in [3.8, 4) is 0 Å². The Labute approximate surface area is 116 Å². The van der Waals surface area contributed by atoms with E-state index < -0.39 is 5.97 Å². The molecular weight excluding hydrogens is 294 g/mol. The van der Waals surface area contributed by atoms with Crippen LogP contribution in [0.3, 0.4) is 0 Å². The highest BCUT2D eigenvalue weighted by Crippen LogP contribution is 2.36. The van der Waals surface area contributed by atoms with E-state index in [-0.39, 0.29) is 0 Å². The Morgan fingerprint density at radius 3 is 2.83 bits per heavy atom. The summed E-state index contributed by atoms with van der Waals surface area (Å²) >= 11 is 3.42. The molecule has 0 radical (unpaired) electrons. The molecule has 1 aromatic carbocycles. The van der Waals surface area contributed by atoms with Gasteiger partial charge in [0.15, 0.2) is 0 Å². The van der Waals surface area contributed by atoms with Gasteiger partial charge in [0, 0.05) is 11.0 Å². The molecule has 0 aromatic heterocycles. The SMILES string of the molecule is CC(CNCc1ccc(C(=O)O)cc1Br)C1CC1. The van der Waals surface area contributed by atoms with Crippen LogP contribution in [0.15, 0.2) is 22.7 Å². The maximum atomic E-state index is 10.8. The fraction of sp³-hybridized carbons (Fsp3) is 0.500. The summed E-state index contributed by atoms with van der Waals surface area (Å²) in [6.45, 7) is 4.09. The molecule has 1 fully saturated rings. The number of nitrogens with one attached hydrogen (secondary N) is 1. The molecule has 1 aliphatic rings. The summed E-state index contributed by atoms with van der Waals surface area (Å²) in [7, 11) is 0. The van der Waals surface area contributed by atoms with Crippen LogP contribution in [0.1, 0.15) is 35.7 Å². The topological polar surface area (TPSA) is 49.3 Å². The lowest BCUT2D eigenvalue weighted by Crippen LogP contribution is -2.22. The number of halogens is 1. The molecule has 3 nitrogen and oxygen atoms in total. The van der Waals surface area contributed by atoms with Crippen LogP contribution in [0.5, 0.6) is 0 Å². The number of rotatable bonds is 6. The Bertz CT molecular complexity index is 443. The Morgan fingerprint density at radius 1 is 1.56 bits per heavy atom. The van der Waals surface area contributed by atoms with Gasteiger partial charge in [-0.25, -0.2) is 4.79 Å². The van der Waals surface area contributed by atoms with Gasteiger partial charge < -0.3 is 10.4 Å². The maximum absolute atomic E-state index is 10.8. The molecule has 4 heteroatoms. The number of benzene rings is 1. The zero-order valence-corrected chi connectivity index (χ0v) is 12.0. The molecule has 1 unspecified atom stereocenters. The van der Waals surface area contributed by atoms with Crippen LogP contribution in [0.2, 0.25) is 0 Å². The summed E-state index contributed by atoms with van der Waals surface area (Å²) in [6, 6.07) is 5.17. The molecule has 0 saturated heterocycles. The first-order chi connectivity index (χ1) is 8.58. The average molecular weight is 312 g/mol. The van der Waals surface area contributed by atoms with E-state index in [1.54, 1.807) is 12.1 Å². The van der Waals surface area contributed by atoms with Gasteiger partial charge in [-0.2, -0.15) is 0 Å². The van der Waals surface area contributed by atoms with Crippen molar-refractivity contribution in [2.24, 2.45) is 11.8 Å². The summed E-state index contributed by atoms with van der Waals surface area (Å²) in [5, 5.41) is 12.3. The third-order valence-corrected chi connectivity index (χ3v) is 4.25. The van der Waals surface area contributed by atoms with Crippen molar-refractivity contribution in [2.45, 2.75) is 26.3 Å². The van der Waals surface area contributed by atoms with Gasteiger partial charge in [0.2, 0.25) is 0 Å². The van der Waals surface area contributed by atoms with Crippen LogP contribution in [-0.4, -0.2) is 17.6 Å². The molecule has 0 bridgehead atoms. The van der Waals surface area contributed by atoms with E-state index in [2.05, 4.69) is 28.2 Å². The number of hydrogen-bond acceptors (Lipinski definition) is 2. The Balaban J connectivity index is 1.86. The Morgan fingerprint density at radius 2 is 2.28 bits per heavy atom. The van der Waals surface area contributed by atoms with Crippen molar-refractivity contribution >= 4 is 21.9 Å². The predicted molar refractivity (Wildman–Crippen MR) is 74.7 cm³/mol. The summed E-state index contributed by atoms with van der Waals surface area (Å²) in [4.78, 5) is 10.8. The zero-order valence-electron chi connectivity index (χ0n) is 10.4. The summed E-state index contributed by atoms with van der Waals surface area (Å²) in [6.07, 6.45) is 2.75. The smallest absolute Gasteiger partial charge is 0.335 e. The minimum atomic E-state index is -0.891. The number of carboxylic acid groups (broad SMARTS) is 1. The third-order valence-electron chi connectivity index (χ3n) is 3.51. The maximum Gasteiger partial charge on any atom is 0.335 e. The molecule has 18 heavy (non-hydrogen) atoms. The second-order valence-corrected chi connectivity index (χ2v) is 5.91. The summed E-state index contributed by atoms with van der Waals surface area (Å²) in [5.74, 6) is 0.759. The standard InChI is InChI=1S/C14H18BrNO2/c1-9(10-2-3-10)7-16-8-12-5-4-11(14(17)18)6-13(12)15/h4-6,9-10,16H,2-3,7-8H2,1H3,(H,17,18). The van der Waals surface area contributed by atoms with Crippen molar-refractivity contribution in [1.82, 2.24) is 5.32 Å². The summed E-state index contributed by atoms with van der Waals surface area (Å²) < 4.78 is 0.856. The van der Waals surface area contributed by atoms with Crippen molar-refractivity contribution in [3.05, 3.63) is 33.8 Å². The van der Waals surface area contributed by atoms with Gasteiger partial charge in [-0.05, 0) is 48.9 Å². The van der Waals surface area contributed by atoms with Gasteiger partial charge in [0.1, 0.15) is 0 Å². The summed E-state index contributed by atoms with van der Waals surface area (Å²) in [5.41, 5.74) is 1.42. The minimum Gasteiger partial charge on any atom is -0.478 e. The van der Waals surface area contributed by atoms with Crippen molar-refractivity contribution in [3.63, 3.8) is 0 Å². The largest absolute Gasteiger partial charge is 0.478 e. The molecule has 98 valence electrons. The highest BCUT2D eigenvalue weighted by Gasteiger charge is 2.27. The van der Waals surface area contributed by atoms with Crippen molar-refractivity contribution in [1.29, 1.82) is 0 Å². The van der Waals surface area contributed by atoms with E-state index in [4.69, 9.17) is 5.11 Å². The van der Waals surface area contributed by atoms with Crippen LogP contribution >= 0.6 is 15.9 Å². The monoisotopic (exact) mass is 311 g/mol. The van der Waals surface area contributed by atoms with Gasteiger partial charge in [-0.3, -0.25) is 0 Å². The molecular formula is C14H18BrNO2. The van der Waals surface area contributed by atoms with Crippen molar-refractivity contribution < 1.29 is 9.90 Å². The van der Waals surface area contributed by atoms with E-state index in [0.29, 0.717) is 5.56 Å². The van der Waals surface area contributed by atoms with E-state index in [1.165, 1.54) is 12.8 Å². The van der Waals surface area contributed by atoms with Crippen LogP contribution < -0.4 is 5.32 Å². The molecule has 2 N–H and O–H groups in total. The quantitative estimate of drug-likeness (QED) is 0.847. The molecule has 1 aromatic rings. The first-order valence-corrected chi connectivity index (χ1v) is 7.09. The lowest BCUT2D eigenvalue weighted by atomic mass is 10.1. The average Bonchev–Trinajstić information content (AvgIpc) is 3.14. The second kappa shape index (κ2) is 5.85. The van der Waals surface area contributed by atoms with Gasteiger partial charge in [-0.1, -0.05) is 28.9 Å². The van der Waals surface area contributed by atoms with Gasteiger partial charge in [0.25, 0.3) is 0 Å².